The van der Waals surface area contributed by atoms with Gasteiger partial charge in [0.15, 0.2) is 0 Å². The lowest BCUT2D eigenvalue weighted by Gasteiger charge is -2.24. The highest BCUT2D eigenvalue weighted by Gasteiger charge is 2.04. The van der Waals surface area contributed by atoms with E-state index in [1.807, 2.05) is 18.3 Å². The minimum atomic E-state index is 0.817. The molecular formula is C17H17BrN2OS. The molecule has 0 bridgehead atoms. The number of aromatic nitrogens is 1. The maximum Gasteiger partial charge on any atom is 0.116 e. The average molecular weight is 377 g/mol. The summed E-state index contributed by atoms with van der Waals surface area (Å²) in [6, 6.07) is 8.30. The van der Waals surface area contributed by atoms with Crippen LogP contribution in [0.1, 0.15) is 5.01 Å². The molecule has 1 aromatic heterocycles. The molecule has 1 aliphatic rings. The molecule has 0 unspecified atom stereocenters. The van der Waals surface area contributed by atoms with Gasteiger partial charge in [-0.15, -0.1) is 11.3 Å². The van der Waals surface area contributed by atoms with Gasteiger partial charge in [0.1, 0.15) is 5.01 Å². The van der Waals surface area contributed by atoms with Gasteiger partial charge in [-0.3, -0.25) is 0 Å². The lowest BCUT2D eigenvalue weighted by molar-refractivity contribution is 0.0594. The van der Waals surface area contributed by atoms with Crippen LogP contribution in [0.5, 0.6) is 0 Å². The molecule has 0 aliphatic carbocycles. The van der Waals surface area contributed by atoms with E-state index in [-0.39, 0.29) is 0 Å². The normalized spacial score (nSPS) is 16.0. The van der Waals surface area contributed by atoms with Crippen molar-refractivity contribution in [2.24, 2.45) is 0 Å². The third kappa shape index (κ3) is 4.29. The summed E-state index contributed by atoms with van der Waals surface area (Å²) in [7, 11) is 0. The number of ether oxygens (including phenoxy) is 1. The molecule has 2 heterocycles. The Morgan fingerprint density at radius 2 is 1.91 bits per heavy atom. The number of halogens is 1. The summed E-state index contributed by atoms with van der Waals surface area (Å²) in [4.78, 5) is 7.90. The summed E-state index contributed by atoms with van der Waals surface area (Å²) >= 11 is 5.15. The molecule has 1 fully saturated rings. The maximum absolute atomic E-state index is 5.32. The van der Waals surface area contributed by atoms with Crippen LogP contribution in [-0.4, -0.2) is 36.2 Å². The second kappa shape index (κ2) is 7.72. The second-order valence-electron chi connectivity index (χ2n) is 4.92. The highest BCUT2D eigenvalue weighted by molar-refractivity contribution is 9.10. The van der Waals surface area contributed by atoms with Gasteiger partial charge in [0.25, 0.3) is 0 Å². The van der Waals surface area contributed by atoms with Gasteiger partial charge < -0.3 is 9.64 Å². The number of thiazole rings is 1. The zero-order valence-corrected chi connectivity index (χ0v) is 14.5. The molecular weight excluding hydrogens is 360 g/mol. The summed E-state index contributed by atoms with van der Waals surface area (Å²) in [5.74, 6) is 0. The number of morpholine rings is 1. The van der Waals surface area contributed by atoms with Crippen LogP contribution in [0.25, 0.3) is 16.5 Å². The zero-order chi connectivity index (χ0) is 15.2. The van der Waals surface area contributed by atoms with E-state index in [2.05, 4.69) is 62.4 Å². The van der Waals surface area contributed by atoms with E-state index in [0.29, 0.717) is 0 Å². The van der Waals surface area contributed by atoms with E-state index in [0.717, 1.165) is 35.8 Å². The minimum Gasteiger partial charge on any atom is -0.378 e. The highest BCUT2D eigenvalue weighted by Crippen LogP contribution is 2.27. The van der Waals surface area contributed by atoms with Crippen molar-refractivity contribution in [2.45, 2.75) is 0 Å². The number of nitrogens with zero attached hydrogens (tertiary/aromatic N) is 2. The third-order valence-corrected chi connectivity index (χ3v) is 4.89. The monoisotopic (exact) mass is 376 g/mol. The molecule has 2 aromatic rings. The van der Waals surface area contributed by atoms with Crippen LogP contribution >= 0.6 is 27.3 Å². The average Bonchev–Trinajstić information content (AvgIpc) is 3.02. The number of benzene rings is 1. The minimum absolute atomic E-state index is 0.817. The Morgan fingerprint density at radius 3 is 2.68 bits per heavy atom. The van der Waals surface area contributed by atoms with E-state index in [1.165, 1.54) is 10.4 Å². The van der Waals surface area contributed by atoms with Crippen LogP contribution in [0, 0.1) is 0 Å². The topological polar surface area (TPSA) is 25.4 Å². The molecule has 0 atom stereocenters. The fourth-order valence-electron chi connectivity index (χ4n) is 2.15. The molecule has 114 valence electrons. The van der Waals surface area contributed by atoms with Crippen molar-refractivity contribution in [1.82, 2.24) is 9.88 Å². The third-order valence-electron chi connectivity index (χ3n) is 3.34. The summed E-state index contributed by atoms with van der Waals surface area (Å²) in [6.07, 6.45) is 10.2. The smallest absolute Gasteiger partial charge is 0.116 e. The summed E-state index contributed by atoms with van der Waals surface area (Å²) < 4.78 is 6.41. The summed E-state index contributed by atoms with van der Waals surface area (Å²) in [5.41, 5.74) is 1.20. The van der Waals surface area contributed by atoms with Crippen molar-refractivity contribution in [3.8, 4) is 10.4 Å². The van der Waals surface area contributed by atoms with Crippen LogP contribution in [0.4, 0.5) is 0 Å². The lowest BCUT2D eigenvalue weighted by atomic mass is 10.2. The van der Waals surface area contributed by atoms with Gasteiger partial charge in [-0.05, 0) is 36.0 Å². The Kier molecular flexibility index (Phi) is 5.43. The first kappa shape index (κ1) is 15.5. The van der Waals surface area contributed by atoms with Crippen molar-refractivity contribution < 1.29 is 4.74 Å². The van der Waals surface area contributed by atoms with Crippen molar-refractivity contribution in [2.75, 3.05) is 26.3 Å². The molecule has 0 saturated carbocycles. The number of hydrogen-bond acceptors (Lipinski definition) is 4. The van der Waals surface area contributed by atoms with E-state index in [4.69, 9.17) is 4.74 Å². The van der Waals surface area contributed by atoms with Crippen LogP contribution in [0.2, 0.25) is 0 Å². The fraction of sp³-hybridized carbons (Fsp3) is 0.235. The molecule has 1 aromatic carbocycles. The van der Waals surface area contributed by atoms with Gasteiger partial charge in [0.05, 0.1) is 18.1 Å². The maximum atomic E-state index is 5.32. The SMILES string of the molecule is Brc1ccc(-c2cnc(C=CC=CN3CCOCC3)s2)cc1. The molecule has 5 heteroatoms. The Morgan fingerprint density at radius 1 is 1.14 bits per heavy atom. The Balaban J connectivity index is 1.60. The van der Waals surface area contributed by atoms with Gasteiger partial charge in [-0.25, -0.2) is 4.98 Å². The van der Waals surface area contributed by atoms with Crippen LogP contribution in [0.3, 0.4) is 0 Å². The van der Waals surface area contributed by atoms with Gasteiger partial charge in [0.2, 0.25) is 0 Å². The number of allylic oxidation sites excluding steroid dienone is 2. The van der Waals surface area contributed by atoms with Gasteiger partial charge in [0, 0.05) is 23.8 Å². The lowest BCUT2D eigenvalue weighted by Crippen LogP contribution is -2.31. The first-order chi connectivity index (χ1) is 10.8. The van der Waals surface area contributed by atoms with E-state index >= 15 is 0 Å². The van der Waals surface area contributed by atoms with E-state index in [9.17, 15) is 0 Å². The fourth-order valence-corrected chi connectivity index (χ4v) is 3.25. The summed E-state index contributed by atoms with van der Waals surface area (Å²) in [6.45, 7) is 3.57. The predicted octanol–water partition coefficient (Wildman–Crippen LogP) is 4.43. The molecule has 0 N–H and O–H groups in total. The molecule has 0 amide bonds. The highest BCUT2D eigenvalue weighted by atomic mass is 79.9. The van der Waals surface area contributed by atoms with Crippen LogP contribution in [0.15, 0.2) is 53.3 Å². The molecule has 22 heavy (non-hydrogen) atoms. The molecule has 0 spiro atoms. The first-order valence-corrected chi connectivity index (χ1v) is 8.81. The zero-order valence-electron chi connectivity index (χ0n) is 12.1. The Bertz CT molecular complexity index is 658. The molecule has 3 nitrogen and oxygen atoms in total. The molecule has 0 radical (unpaired) electrons. The number of rotatable bonds is 4. The molecule has 3 rings (SSSR count). The van der Waals surface area contributed by atoms with Crippen LogP contribution < -0.4 is 0 Å². The van der Waals surface area contributed by atoms with Gasteiger partial charge in [-0.2, -0.15) is 0 Å². The predicted molar refractivity (Wildman–Crippen MR) is 95.8 cm³/mol. The van der Waals surface area contributed by atoms with Crippen molar-refractivity contribution in [3.05, 3.63) is 58.3 Å². The van der Waals surface area contributed by atoms with E-state index in [1.54, 1.807) is 11.3 Å². The van der Waals surface area contributed by atoms with Gasteiger partial charge in [-0.1, -0.05) is 34.1 Å². The number of hydrogen-bond donors (Lipinski definition) is 0. The van der Waals surface area contributed by atoms with Crippen LogP contribution in [-0.2, 0) is 4.74 Å². The second-order valence-corrected chi connectivity index (χ2v) is 6.90. The van der Waals surface area contributed by atoms with E-state index < -0.39 is 0 Å². The largest absolute Gasteiger partial charge is 0.378 e. The Hall–Kier alpha value is -1.43. The molecule has 1 saturated heterocycles. The quantitative estimate of drug-likeness (QED) is 0.737. The first-order valence-electron chi connectivity index (χ1n) is 7.20. The Labute approximate surface area is 143 Å². The van der Waals surface area contributed by atoms with Crippen molar-refractivity contribution in [1.29, 1.82) is 0 Å². The van der Waals surface area contributed by atoms with Crippen molar-refractivity contribution >= 4 is 33.3 Å². The standard InChI is InChI=1S/C17H17BrN2OS/c18-15-6-4-14(5-7-15)16-13-19-17(22-16)3-1-2-8-20-9-11-21-12-10-20/h1-8,13H,9-12H2. The summed E-state index contributed by atoms with van der Waals surface area (Å²) in [5, 5.41) is 1.02. The van der Waals surface area contributed by atoms with Gasteiger partial charge >= 0.3 is 0 Å². The molecule has 1 aliphatic heterocycles. The van der Waals surface area contributed by atoms with Crippen molar-refractivity contribution in [3.63, 3.8) is 0 Å².